The Kier molecular flexibility index (Phi) is 3.69. The van der Waals surface area contributed by atoms with Gasteiger partial charge in [0.25, 0.3) is 0 Å². The first kappa shape index (κ1) is 14.4. The van der Waals surface area contributed by atoms with Crippen molar-refractivity contribution in [3.8, 4) is 0 Å². The van der Waals surface area contributed by atoms with Gasteiger partial charge in [0.15, 0.2) is 0 Å². The summed E-state index contributed by atoms with van der Waals surface area (Å²) in [6.45, 7) is 0. The Labute approximate surface area is 113 Å². The molecule has 1 heterocycles. The van der Waals surface area contributed by atoms with E-state index in [-0.39, 0.29) is 12.3 Å². The van der Waals surface area contributed by atoms with E-state index >= 15 is 0 Å². The first-order chi connectivity index (χ1) is 9.29. The molecule has 20 heavy (non-hydrogen) atoms. The number of likely N-dealkylation sites (N-methyl/N-ethyl adjacent to an activating group) is 1. The summed E-state index contributed by atoms with van der Waals surface area (Å²) in [5.41, 5.74) is -0.245. The Balaban J connectivity index is 2.15. The van der Waals surface area contributed by atoms with Gasteiger partial charge in [-0.05, 0) is 30.7 Å². The number of hydrogen-bond acceptors (Lipinski definition) is 3. The van der Waals surface area contributed by atoms with Crippen LogP contribution in [0.15, 0.2) is 24.3 Å². The number of hydrogen-bond donors (Lipinski definition) is 1. The van der Waals surface area contributed by atoms with Crippen molar-refractivity contribution >= 4 is 17.5 Å². The molecule has 1 saturated heterocycles. The number of anilines is 1. The molecule has 108 valence electrons. The van der Waals surface area contributed by atoms with Gasteiger partial charge in [0.05, 0.1) is 5.56 Å². The Hall–Kier alpha value is -2.05. The highest BCUT2D eigenvalue weighted by Gasteiger charge is 2.32. The summed E-state index contributed by atoms with van der Waals surface area (Å²) in [6, 6.07) is 4.01. The normalized spacial score (nSPS) is 19.7. The smallest absolute Gasteiger partial charge is 0.363 e. The fourth-order valence-electron chi connectivity index (χ4n) is 2.12. The summed E-state index contributed by atoms with van der Waals surface area (Å²) in [4.78, 5) is 24.3. The molecule has 0 bridgehead atoms. The molecule has 2 rings (SSSR count). The van der Waals surface area contributed by atoms with Crippen LogP contribution in [0.3, 0.4) is 0 Å². The Morgan fingerprint density at radius 3 is 2.30 bits per heavy atom. The van der Waals surface area contributed by atoms with Crippen LogP contribution in [-0.2, 0) is 15.8 Å². The zero-order chi connectivity index (χ0) is 14.9. The highest BCUT2D eigenvalue weighted by molar-refractivity contribution is 6.01. The standard InChI is InChI=1S/C13H13F3N2O2/c1-18(10-6-7-11(19)17-12(10)20)9-4-2-8(3-5-9)13(14,15)16/h2-5,10H,6-7H2,1H3,(H,17,19,20). The van der Waals surface area contributed by atoms with Crippen molar-refractivity contribution in [1.82, 2.24) is 5.32 Å². The number of nitrogens with zero attached hydrogens (tertiary/aromatic N) is 1. The maximum absolute atomic E-state index is 12.5. The van der Waals surface area contributed by atoms with Crippen molar-refractivity contribution in [2.24, 2.45) is 0 Å². The van der Waals surface area contributed by atoms with Crippen LogP contribution in [0.4, 0.5) is 18.9 Å². The van der Waals surface area contributed by atoms with E-state index in [0.29, 0.717) is 12.1 Å². The van der Waals surface area contributed by atoms with Crippen molar-refractivity contribution in [3.05, 3.63) is 29.8 Å². The van der Waals surface area contributed by atoms with E-state index in [1.807, 2.05) is 0 Å². The molecule has 1 aliphatic heterocycles. The summed E-state index contributed by atoms with van der Waals surface area (Å²) in [6.07, 6.45) is -3.81. The monoisotopic (exact) mass is 286 g/mol. The van der Waals surface area contributed by atoms with Crippen LogP contribution in [-0.4, -0.2) is 24.9 Å². The lowest BCUT2D eigenvalue weighted by Crippen LogP contribution is -2.51. The molecule has 1 aliphatic rings. The molecule has 1 aromatic carbocycles. The van der Waals surface area contributed by atoms with Gasteiger partial charge < -0.3 is 4.90 Å². The number of benzene rings is 1. The van der Waals surface area contributed by atoms with E-state index in [9.17, 15) is 22.8 Å². The molecule has 1 fully saturated rings. The van der Waals surface area contributed by atoms with Crippen molar-refractivity contribution < 1.29 is 22.8 Å². The van der Waals surface area contributed by atoms with Gasteiger partial charge in [-0.2, -0.15) is 13.2 Å². The van der Waals surface area contributed by atoms with E-state index in [1.165, 1.54) is 12.1 Å². The van der Waals surface area contributed by atoms with E-state index in [4.69, 9.17) is 0 Å². The van der Waals surface area contributed by atoms with Crippen LogP contribution in [0.2, 0.25) is 0 Å². The number of imide groups is 1. The van der Waals surface area contributed by atoms with Crippen LogP contribution in [0, 0.1) is 0 Å². The molecule has 2 amide bonds. The summed E-state index contributed by atoms with van der Waals surface area (Å²) < 4.78 is 37.4. The molecule has 1 atom stereocenters. The Morgan fingerprint density at radius 1 is 1.20 bits per heavy atom. The molecular weight excluding hydrogens is 273 g/mol. The van der Waals surface area contributed by atoms with Gasteiger partial charge in [0, 0.05) is 19.2 Å². The third kappa shape index (κ3) is 2.92. The molecule has 1 N–H and O–H groups in total. The van der Waals surface area contributed by atoms with Gasteiger partial charge in [-0.15, -0.1) is 0 Å². The number of rotatable bonds is 2. The maximum atomic E-state index is 12.5. The predicted octanol–water partition coefficient (Wildman–Crippen LogP) is 1.95. The van der Waals surface area contributed by atoms with Crippen molar-refractivity contribution in [1.29, 1.82) is 0 Å². The number of piperidine rings is 1. The van der Waals surface area contributed by atoms with E-state index in [0.717, 1.165) is 12.1 Å². The third-order valence-corrected chi connectivity index (χ3v) is 3.28. The van der Waals surface area contributed by atoms with E-state index < -0.39 is 23.7 Å². The van der Waals surface area contributed by atoms with Crippen LogP contribution < -0.4 is 10.2 Å². The summed E-state index contributed by atoms with van der Waals surface area (Å²) in [5.74, 6) is -0.754. The van der Waals surface area contributed by atoms with Gasteiger partial charge in [0.1, 0.15) is 6.04 Å². The minimum atomic E-state index is -4.38. The van der Waals surface area contributed by atoms with Crippen molar-refractivity contribution in [2.75, 3.05) is 11.9 Å². The highest BCUT2D eigenvalue weighted by atomic mass is 19.4. The third-order valence-electron chi connectivity index (χ3n) is 3.28. The molecular formula is C13H13F3N2O2. The lowest BCUT2D eigenvalue weighted by Gasteiger charge is -2.31. The Morgan fingerprint density at radius 2 is 1.80 bits per heavy atom. The van der Waals surface area contributed by atoms with Crippen LogP contribution >= 0.6 is 0 Å². The second-order valence-electron chi connectivity index (χ2n) is 4.62. The SMILES string of the molecule is CN(c1ccc(C(F)(F)F)cc1)C1CCC(=O)NC1=O. The number of nitrogens with one attached hydrogen (secondary N) is 1. The zero-order valence-electron chi connectivity index (χ0n) is 10.7. The maximum Gasteiger partial charge on any atom is 0.416 e. The Bertz CT molecular complexity index is 525. The van der Waals surface area contributed by atoms with E-state index in [1.54, 1.807) is 11.9 Å². The van der Waals surface area contributed by atoms with Gasteiger partial charge in [-0.1, -0.05) is 0 Å². The molecule has 0 spiro atoms. The number of halogens is 3. The molecule has 4 nitrogen and oxygen atoms in total. The highest BCUT2D eigenvalue weighted by Crippen LogP contribution is 2.31. The predicted molar refractivity (Wildman–Crippen MR) is 66.0 cm³/mol. The molecule has 7 heteroatoms. The van der Waals surface area contributed by atoms with Crippen LogP contribution in [0.5, 0.6) is 0 Å². The number of carbonyl (C=O) groups is 2. The van der Waals surface area contributed by atoms with E-state index in [2.05, 4.69) is 5.32 Å². The fraction of sp³-hybridized carbons (Fsp3) is 0.385. The molecule has 0 aromatic heterocycles. The van der Waals surface area contributed by atoms with Crippen LogP contribution in [0.1, 0.15) is 18.4 Å². The first-order valence-corrected chi connectivity index (χ1v) is 6.03. The van der Waals surface area contributed by atoms with Gasteiger partial charge >= 0.3 is 6.18 Å². The second kappa shape index (κ2) is 5.15. The lowest BCUT2D eigenvalue weighted by atomic mass is 10.0. The number of alkyl halides is 3. The summed E-state index contributed by atoms with van der Waals surface area (Å²) in [5, 5.41) is 2.22. The number of amides is 2. The topological polar surface area (TPSA) is 49.4 Å². The molecule has 1 unspecified atom stereocenters. The average molecular weight is 286 g/mol. The van der Waals surface area contributed by atoms with Gasteiger partial charge in [-0.3, -0.25) is 14.9 Å². The number of carbonyl (C=O) groups excluding carboxylic acids is 2. The quantitative estimate of drug-likeness (QED) is 0.845. The van der Waals surface area contributed by atoms with Crippen molar-refractivity contribution in [3.63, 3.8) is 0 Å². The molecule has 0 saturated carbocycles. The molecule has 0 radical (unpaired) electrons. The van der Waals surface area contributed by atoms with Crippen molar-refractivity contribution in [2.45, 2.75) is 25.1 Å². The first-order valence-electron chi connectivity index (χ1n) is 6.03. The van der Waals surface area contributed by atoms with Crippen LogP contribution in [0.25, 0.3) is 0 Å². The largest absolute Gasteiger partial charge is 0.416 e. The molecule has 1 aromatic rings. The average Bonchev–Trinajstić information content (AvgIpc) is 2.37. The summed E-state index contributed by atoms with van der Waals surface area (Å²) in [7, 11) is 1.61. The van der Waals surface area contributed by atoms with Gasteiger partial charge in [0.2, 0.25) is 11.8 Å². The lowest BCUT2D eigenvalue weighted by molar-refractivity contribution is -0.138. The minimum Gasteiger partial charge on any atom is -0.363 e. The minimum absolute atomic E-state index is 0.224. The van der Waals surface area contributed by atoms with Gasteiger partial charge in [-0.25, -0.2) is 0 Å². The molecule has 0 aliphatic carbocycles. The zero-order valence-corrected chi connectivity index (χ0v) is 10.7. The summed E-state index contributed by atoms with van der Waals surface area (Å²) >= 11 is 0. The second-order valence-corrected chi connectivity index (χ2v) is 4.62. The fourth-order valence-corrected chi connectivity index (χ4v) is 2.12.